The average molecular weight is 421 g/mol. The quantitative estimate of drug-likeness (QED) is 0.433. The fraction of sp³-hybridized carbons (Fsp3) is 0.0909. The second-order valence-electron chi connectivity index (χ2n) is 6.43. The fourth-order valence-electron chi connectivity index (χ4n) is 2.85. The van der Waals surface area contributed by atoms with Crippen LogP contribution >= 0.6 is 15.9 Å². The molecule has 0 atom stereocenters. The number of rotatable bonds is 3. The van der Waals surface area contributed by atoms with Gasteiger partial charge in [-0.1, -0.05) is 18.2 Å². The van der Waals surface area contributed by atoms with Gasteiger partial charge in [-0.3, -0.25) is 4.79 Å². The molecule has 4 nitrogen and oxygen atoms in total. The van der Waals surface area contributed by atoms with E-state index in [1.165, 1.54) is 11.1 Å². The van der Waals surface area contributed by atoms with Crippen LogP contribution in [0.15, 0.2) is 69.6 Å². The number of amides is 1. The Hall–Kier alpha value is -2.92. The van der Waals surface area contributed by atoms with Gasteiger partial charge in [0.2, 0.25) is 5.89 Å². The molecule has 0 saturated carbocycles. The Kier molecular flexibility index (Phi) is 4.54. The highest BCUT2D eigenvalue weighted by molar-refractivity contribution is 9.10. The Labute approximate surface area is 165 Å². The zero-order valence-electron chi connectivity index (χ0n) is 14.9. The van der Waals surface area contributed by atoms with Crippen LogP contribution in [0.25, 0.3) is 22.6 Å². The highest BCUT2D eigenvalue weighted by Crippen LogP contribution is 2.28. The van der Waals surface area contributed by atoms with E-state index in [0.717, 1.165) is 10.0 Å². The molecule has 0 radical (unpaired) electrons. The molecule has 4 aromatic rings. The van der Waals surface area contributed by atoms with E-state index in [1.54, 1.807) is 6.07 Å². The SMILES string of the molecule is Cc1ccc(-c2nc3cc(NC(=O)c4ccccc4Br)ccc3o2)cc1C. The Balaban J connectivity index is 1.64. The summed E-state index contributed by atoms with van der Waals surface area (Å²) in [4.78, 5) is 17.1. The number of carbonyl (C=O) groups is 1. The van der Waals surface area contributed by atoms with Crippen molar-refractivity contribution in [1.82, 2.24) is 4.98 Å². The van der Waals surface area contributed by atoms with Crippen LogP contribution < -0.4 is 5.32 Å². The molecule has 27 heavy (non-hydrogen) atoms. The van der Waals surface area contributed by atoms with Gasteiger partial charge in [0, 0.05) is 15.7 Å². The lowest BCUT2D eigenvalue weighted by Gasteiger charge is -2.06. The lowest BCUT2D eigenvalue weighted by Crippen LogP contribution is -2.12. The molecule has 3 aromatic carbocycles. The van der Waals surface area contributed by atoms with Gasteiger partial charge in [-0.05, 0) is 83.4 Å². The first kappa shape index (κ1) is 17.5. The molecule has 5 heteroatoms. The average Bonchev–Trinajstić information content (AvgIpc) is 3.07. The molecule has 0 aliphatic heterocycles. The molecular weight excluding hydrogens is 404 g/mol. The lowest BCUT2D eigenvalue weighted by atomic mass is 10.1. The minimum Gasteiger partial charge on any atom is -0.436 e. The van der Waals surface area contributed by atoms with E-state index in [1.807, 2.05) is 42.5 Å². The molecule has 4 rings (SSSR count). The number of halogens is 1. The highest BCUT2D eigenvalue weighted by Gasteiger charge is 2.12. The molecule has 0 unspecified atom stereocenters. The van der Waals surface area contributed by atoms with Gasteiger partial charge < -0.3 is 9.73 Å². The molecule has 0 saturated heterocycles. The lowest BCUT2D eigenvalue weighted by molar-refractivity contribution is 0.102. The summed E-state index contributed by atoms with van der Waals surface area (Å²) in [5, 5.41) is 2.91. The summed E-state index contributed by atoms with van der Waals surface area (Å²) < 4.78 is 6.63. The Morgan fingerprint density at radius 1 is 1.00 bits per heavy atom. The standard InChI is InChI=1S/C22H17BrN2O2/c1-13-7-8-15(11-14(13)2)22-25-19-12-16(9-10-20(19)27-22)24-21(26)17-5-3-4-6-18(17)23/h3-12H,1-2H3,(H,24,26). The van der Waals surface area contributed by atoms with Crippen molar-refractivity contribution in [2.24, 2.45) is 0 Å². The van der Waals surface area contributed by atoms with E-state index < -0.39 is 0 Å². The number of oxazole rings is 1. The summed E-state index contributed by atoms with van der Waals surface area (Å²) in [6.45, 7) is 4.14. The highest BCUT2D eigenvalue weighted by atomic mass is 79.9. The van der Waals surface area contributed by atoms with Gasteiger partial charge in [0.1, 0.15) is 5.52 Å². The Morgan fingerprint density at radius 2 is 1.81 bits per heavy atom. The number of hydrogen-bond donors (Lipinski definition) is 1. The van der Waals surface area contributed by atoms with Crippen molar-refractivity contribution in [2.75, 3.05) is 5.32 Å². The van der Waals surface area contributed by atoms with Gasteiger partial charge in [0.15, 0.2) is 5.58 Å². The monoisotopic (exact) mass is 420 g/mol. The maximum Gasteiger partial charge on any atom is 0.256 e. The molecule has 0 fully saturated rings. The van der Waals surface area contributed by atoms with Crippen molar-refractivity contribution >= 4 is 38.6 Å². The number of nitrogens with one attached hydrogen (secondary N) is 1. The first-order valence-electron chi connectivity index (χ1n) is 8.55. The van der Waals surface area contributed by atoms with Crippen LogP contribution in [0, 0.1) is 13.8 Å². The van der Waals surface area contributed by atoms with Crippen LogP contribution in [0.3, 0.4) is 0 Å². The van der Waals surface area contributed by atoms with Gasteiger partial charge in [-0.2, -0.15) is 0 Å². The predicted molar refractivity (Wildman–Crippen MR) is 111 cm³/mol. The van der Waals surface area contributed by atoms with Crippen molar-refractivity contribution in [3.63, 3.8) is 0 Å². The van der Waals surface area contributed by atoms with Crippen LogP contribution in [0.2, 0.25) is 0 Å². The minimum absolute atomic E-state index is 0.181. The van der Waals surface area contributed by atoms with E-state index in [-0.39, 0.29) is 5.91 Å². The second-order valence-corrected chi connectivity index (χ2v) is 7.29. The van der Waals surface area contributed by atoms with E-state index in [0.29, 0.717) is 28.2 Å². The molecule has 1 N–H and O–H groups in total. The molecule has 0 aliphatic carbocycles. The molecular formula is C22H17BrN2O2. The third-order valence-corrected chi connectivity index (χ3v) is 5.21. The van der Waals surface area contributed by atoms with E-state index >= 15 is 0 Å². The zero-order chi connectivity index (χ0) is 19.0. The number of carbonyl (C=O) groups excluding carboxylic acids is 1. The predicted octanol–water partition coefficient (Wildman–Crippen LogP) is 6.13. The van der Waals surface area contributed by atoms with Gasteiger partial charge >= 0.3 is 0 Å². The number of fused-ring (bicyclic) bond motifs is 1. The molecule has 134 valence electrons. The van der Waals surface area contributed by atoms with Crippen molar-refractivity contribution in [3.8, 4) is 11.5 Å². The summed E-state index contributed by atoms with van der Waals surface area (Å²) in [6.07, 6.45) is 0. The normalized spacial score (nSPS) is 10.9. The number of hydrogen-bond acceptors (Lipinski definition) is 3. The fourth-order valence-corrected chi connectivity index (χ4v) is 3.31. The smallest absolute Gasteiger partial charge is 0.256 e. The van der Waals surface area contributed by atoms with Crippen LogP contribution in [0.4, 0.5) is 5.69 Å². The van der Waals surface area contributed by atoms with Gasteiger partial charge in [-0.25, -0.2) is 4.98 Å². The summed E-state index contributed by atoms with van der Waals surface area (Å²) in [5.41, 5.74) is 5.99. The Morgan fingerprint density at radius 3 is 2.59 bits per heavy atom. The number of anilines is 1. The molecule has 1 amide bonds. The van der Waals surface area contributed by atoms with E-state index in [9.17, 15) is 4.79 Å². The van der Waals surface area contributed by atoms with Crippen molar-refractivity contribution in [2.45, 2.75) is 13.8 Å². The van der Waals surface area contributed by atoms with Crippen molar-refractivity contribution in [1.29, 1.82) is 0 Å². The summed E-state index contributed by atoms with van der Waals surface area (Å²) in [6, 6.07) is 18.9. The van der Waals surface area contributed by atoms with Gasteiger partial charge in [0.25, 0.3) is 5.91 Å². The van der Waals surface area contributed by atoms with Crippen LogP contribution in [0.5, 0.6) is 0 Å². The minimum atomic E-state index is -0.181. The summed E-state index contributed by atoms with van der Waals surface area (Å²) >= 11 is 3.40. The van der Waals surface area contributed by atoms with Gasteiger partial charge in [0.05, 0.1) is 5.56 Å². The molecule has 1 aromatic heterocycles. The maximum absolute atomic E-state index is 12.5. The van der Waals surface area contributed by atoms with E-state index in [4.69, 9.17) is 4.42 Å². The van der Waals surface area contributed by atoms with Crippen LogP contribution in [-0.2, 0) is 0 Å². The molecule has 0 bridgehead atoms. The number of aryl methyl sites for hydroxylation is 2. The topological polar surface area (TPSA) is 55.1 Å². The third-order valence-electron chi connectivity index (χ3n) is 4.52. The molecule has 0 spiro atoms. The second kappa shape index (κ2) is 7.00. The van der Waals surface area contributed by atoms with Crippen LogP contribution in [0.1, 0.15) is 21.5 Å². The number of benzene rings is 3. The van der Waals surface area contributed by atoms with E-state index in [2.05, 4.69) is 52.2 Å². The first-order chi connectivity index (χ1) is 13.0. The first-order valence-corrected chi connectivity index (χ1v) is 9.34. The third kappa shape index (κ3) is 3.51. The summed E-state index contributed by atoms with van der Waals surface area (Å²) in [5.74, 6) is 0.391. The maximum atomic E-state index is 12.5. The molecule has 0 aliphatic rings. The largest absolute Gasteiger partial charge is 0.436 e. The van der Waals surface area contributed by atoms with Crippen LogP contribution in [-0.4, -0.2) is 10.9 Å². The van der Waals surface area contributed by atoms with Crippen molar-refractivity contribution < 1.29 is 9.21 Å². The number of nitrogens with zero attached hydrogens (tertiary/aromatic N) is 1. The number of aromatic nitrogens is 1. The van der Waals surface area contributed by atoms with Crippen molar-refractivity contribution in [3.05, 3.63) is 81.8 Å². The Bertz CT molecular complexity index is 1160. The molecule has 1 heterocycles. The summed E-state index contributed by atoms with van der Waals surface area (Å²) in [7, 11) is 0. The zero-order valence-corrected chi connectivity index (χ0v) is 16.5. The van der Waals surface area contributed by atoms with Gasteiger partial charge in [-0.15, -0.1) is 0 Å².